The third kappa shape index (κ3) is 4.01. The smallest absolute Gasteiger partial charge is 0.322 e. The zero-order valence-electron chi connectivity index (χ0n) is 12.6. The first kappa shape index (κ1) is 16.8. The summed E-state index contributed by atoms with van der Waals surface area (Å²) < 4.78 is 11.6. The van der Waals surface area contributed by atoms with E-state index < -0.39 is 27.7 Å². The zero-order valence-corrected chi connectivity index (χ0v) is 13.4. The third-order valence-corrected chi connectivity index (χ3v) is 4.02. The Morgan fingerprint density at radius 2 is 2.09 bits per heavy atom. The van der Waals surface area contributed by atoms with Gasteiger partial charge in [-0.1, -0.05) is 30.3 Å². The fourth-order valence-electron chi connectivity index (χ4n) is 2.17. The van der Waals surface area contributed by atoms with E-state index in [4.69, 9.17) is 0 Å². The van der Waals surface area contributed by atoms with Gasteiger partial charge in [-0.15, -0.1) is 0 Å². The lowest BCUT2D eigenvalue weighted by Gasteiger charge is -2.17. The number of aromatic nitrogens is 2. The standard InChI is InChI=1S/C14H16N4O4S/c1-9-13(18(20)21)12(17-16-9)14(19)15-11(8-23(2)22)10-6-4-3-5-7-10/h3-7,11H,8H2,1-2H3,(H,15,19)(H,16,17)/t11-,23-/m1/s1. The number of hydrogen-bond donors (Lipinski definition) is 2. The van der Waals surface area contributed by atoms with Crippen LogP contribution in [-0.4, -0.2) is 37.2 Å². The average molecular weight is 336 g/mol. The zero-order chi connectivity index (χ0) is 17.0. The van der Waals surface area contributed by atoms with E-state index in [0.717, 1.165) is 5.56 Å². The highest BCUT2D eigenvalue weighted by molar-refractivity contribution is 7.84. The van der Waals surface area contributed by atoms with Crippen LogP contribution >= 0.6 is 0 Å². The van der Waals surface area contributed by atoms with Crippen molar-refractivity contribution < 1.29 is 13.9 Å². The van der Waals surface area contributed by atoms with Gasteiger partial charge in [-0.2, -0.15) is 5.10 Å². The molecule has 9 heteroatoms. The van der Waals surface area contributed by atoms with Crippen molar-refractivity contribution in [2.45, 2.75) is 13.0 Å². The number of rotatable bonds is 6. The van der Waals surface area contributed by atoms with Crippen LogP contribution in [-0.2, 0) is 10.8 Å². The van der Waals surface area contributed by atoms with Gasteiger partial charge in [0.05, 0.1) is 11.0 Å². The fourth-order valence-corrected chi connectivity index (χ4v) is 2.92. The molecule has 2 atom stereocenters. The molecular formula is C14H16N4O4S. The summed E-state index contributed by atoms with van der Waals surface area (Å²) in [7, 11) is -1.15. The van der Waals surface area contributed by atoms with E-state index >= 15 is 0 Å². The number of aryl methyl sites for hydroxylation is 1. The quantitative estimate of drug-likeness (QED) is 0.612. The number of nitro groups is 1. The molecule has 2 N–H and O–H groups in total. The van der Waals surface area contributed by atoms with E-state index in [2.05, 4.69) is 15.5 Å². The molecule has 1 aromatic carbocycles. The maximum atomic E-state index is 12.4. The number of benzene rings is 1. The van der Waals surface area contributed by atoms with Crippen molar-refractivity contribution in [2.75, 3.05) is 12.0 Å². The highest BCUT2D eigenvalue weighted by Crippen LogP contribution is 2.21. The number of carbonyl (C=O) groups is 1. The molecule has 0 aliphatic carbocycles. The summed E-state index contributed by atoms with van der Waals surface area (Å²) in [5, 5.41) is 19.9. The molecule has 0 bridgehead atoms. The van der Waals surface area contributed by atoms with E-state index in [9.17, 15) is 19.1 Å². The molecule has 0 saturated carbocycles. The van der Waals surface area contributed by atoms with Crippen molar-refractivity contribution in [1.82, 2.24) is 15.5 Å². The van der Waals surface area contributed by atoms with Crippen LogP contribution in [0, 0.1) is 17.0 Å². The summed E-state index contributed by atoms with van der Waals surface area (Å²) in [6.45, 7) is 1.47. The minimum atomic E-state index is -1.15. The highest BCUT2D eigenvalue weighted by atomic mass is 32.2. The van der Waals surface area contributed by atoms with E-state index in [1.165, 1.54) is 13.2 Å². The molecule has 0 unspecified atom stereocenters. The van der Waals surface area contributed by atoms with Crippen LogP contribution in [0.2, 0.25) is 0 Å². The Balaban J connectivity index is 2.28. The molecule has 0 aliphatic rings. The van der Waals surface area contributed by atoms with Gasteiger partial charge in [0.1, 0.15) is 5.69 Å². The second-order valence-electron chi connectivity index (χ2n) is 4.98. The van der Waals surface area contributed by atoms with Crippen LogP contribution in [0.5, 0.6) is 0 Å². The molecule has 0 aliphatic heterocycles. The Kier molecular flexibility index (Phi) is 5.22. The van der Waals surface area contributed by atoms with Gasteiger partial charge in [-0.3, -0.25) is 24.2 Å². The van der Waals surface area contributed by atoms with Crippen LogP contribution in [0.3, 0.4) is 0 Å². The monoisotopic (exact) mass is 336 g/mol. The second kappa shape index (κ2) is 7.14. The normalized spacial score (nSPS) is 13.3. The van der Waals surface area contributed by atoms with Gasteiger partial charge in [0.15, 0.2) is 0 Å². The summed E-state index contributed by atoms with van der Waals surface area (Å²) in [5.41, 5.74) is 0.337. The van der Waals surface area contributed by atoms with Crippen molar-refractivity contribution in [2.24, 2.45) is 0 Å². The summed E-state index contributed by atoms with van der Waals surface area (Å²) in [5.74, 6) is -0.479. The van der Waals surface area contributed by atoms with Crippen LogP contribution in [0.1, 0.15) is 27.8 Å². The first-order valence-electron chi connectivity index (χ1n) is 6.75. The van der Waals surface area contributed by atoms with E-state index in [-0.39, 0.29) is 22.8 Å². The molecule has 2 rings (SSSR count). The van der Waals surface area contributed by atoms with Crippen LogP contribution in [0.4, 0.5) is 5.69 Å². The van der Waals surface area contributed by atoms with Crippen molar-refractivity contribution in [3.63, 3.8) is 0 Å². The maximum absolute atomic E-state index is 12.4. The van der Waals surface area contributed by atoms with Gasteiger partial charge in [0, 0.05) is 22.8 Å². The number of carbonyl (C=O) groups excluding carboxylic acids is 1. The van der Waals surface area contributed by atoms with Crippen LogP contribution in [0.25, 0.3) is 0 Å². The summed E-state index contributed by atoms with van der Waals surface area (Å²) >= 11 is 0. The molecule has 0 spiro atoms. The number of H-pyrrole nitrogens is 1. The molecule has 0 radical (unpaired) electrons. The van der Waals surface area contributed by atoms with Crippen molar-refractivity contribution >= 4 is 22.4 Å². The number of nitrogens with one attached hydrogen (secondary N) is 2. The average Bonchev–Trinajstić information content (AvgIpc) is 2.89. The van der Waals surface area contributed by atoms with Gasteiger partial charge in [0.25, 0.3) is 5.91 Å². The lowest BCUT2D eigenvalue weighted by molar-refractivity contribution is -0.385. The molecule has 1 amide bonds. The molecule has 122 valence electrons. The topological polar surface area (TPSA) is 118 Å². The molecule has 8 nitrogen and oxygen atoms in total. The van der Waals surface area contributed by atoms with E-state index in [1.807, 2.05) is 6.07 Å². The minimum absolute atomic E-state index is 0.201. The Morgan fingerprint density at radius 1 is 1.43 bits per heavy atom. The summed E-state index contributed by atoms with van der Waals surface area (Å²) in [4.78, 5) is 22.8. The first-order chi connectivity index (χ1) is 10.9. The van der Waals surface area contributed by atoms with Crippen molar-refractivity contribution in [3.8, 4) is 0 Å². The lowest BCUT2D eigenvalue weighted by Crippen LogP contribution is -2.32. The Labute approximate surface area is 134 Å². The predicted octanol–water partition coefficient (Wildman–Crippen LogP) is 1.48. The molecule has 2 aromatic rings. The first-order valence-corrected chi connectivity index (χ1v) is 8.48. The molecule has 1 aromatic heterocycles. The van der Waals surface area contributed by atoms with Gasteiger partial charge in [-0.05, 0) is 12.5 Å². The number of hydrogen-bond acceptors (Lipinski definition) is 5. The van der Waals surface area contributed by atoms with Crippen LogP contribution in [0.15, 0.2) is 30.3 Å². The largest absolute Gasteiger partial charge is 0.343 e. The summed E-state index contributed by atoms with van der Waals surface area (Å²) in [6.07, 6.45) is 1.53. The van der Waals surface area contributed by atoms with Gasteiger partial charge >= 0.3 is 5.69 Å². The number of amides is 1. The van der Waals surface area contributed by atoms with Crippen LogP contribution < -0.4 is 5.32 Å². The molecule has 23 heavy (non-hydrogen) atoms. The van der Waals surface area contributed by atoms with Crippen molar-refractivity contribution in [3.05, 3.63) is 57.4 Å². The maximum Gasteiger partial charge on any atom is 0.322 e. The Bertz CT molecular complexity index is 744. The number of aromatic amines is 1. The van der Waals surface area contributed by atoms with Crippen molar-refractivity contribution in [1.29, 1.82) is 0 Å². The second-order valence-corrected chi connectivity index (χ2v) is 6.46. The van der Waals surface area contributed by atoms with E-state index in [0.29, 0.717) is 0 Å². The van der Waals surface area contributed by atoms with Gasteiger partial charge in [-0.25, -0.2) is 0 Å². The predicted molar refractivity (Wildman–Crippen MR) is 85.6 cm³/mol. The third-order valence-electron chi connectivity index (χ3n) is 3.22. The molecular weight excluding hydrogens is 320 g/mol. The molecule has 0 fully saturated rings. The fraction of sp³-hybridized carbons (Fsp3) is 0.286. The molecule has 0 saturated heterocycles. The molecule has 1 heterocycles. The lowest BCUT2D eigenvalue weighted by atomic mass is 10.1. The Morgan fingerprint density at radius 3 is 2.65 bits per heavy atom. The van der Waals surface area contributed by atoms with Gasteiger partial charge < -0.3 is 5.32 Å². The minimum Gasteiger partial charge on any atom is -0.343 e. The van der Waals surface area contributed by atoms with E-state index in [1.54, 1.807) is 24.3 Å². The Hall–Kier alpha value is -2.55. The highest BCUT2D eigenvalue weighted by Gasteiger charge is 2.29. The van der Waals surface area contributed by atoms with Gasteiger partial charge in [0.2, 0.25) is 5.69 Å². The number of nitrogens with zero attached hydrogens (tertiary/aromatic N) is 2. The summed E-state index contributed by atoms with van der Waals surface area (Å²) in [6, 6.07) is 8.49. The SMILES string of the molecule is Cc1[nH]nc(C(=O)N[C@H](C[S@@](C)=O)c2ccccc2)c1[N+](=O)[O-].